The van der Waals surface area contributed by atoms with E-state index in [1.807, 2.05) is 0 Å². The molecular formula is C17H16F3NO3S2. The third-order valence-corrected chi connectivity index (χ3v) is 7.69. The van der Waals surface area contributed by atoms with Gasteiger partial charge < -0.3 is 0 Å². The lowest BCUT2D eigenvalue weighted by molar-refractivity contribution is -0.0434. The molecule has 140 valence electrons. The maximum Gasteiger partial charge on any atom is 0.519 e. The first-order chi connectivity index (χ1) is 12.1. The Balaban J connectivity index is 2.63. The minimum absolute atomic E-state index is 0.0874. The minimum atomic E-state index is -5.92. The second-order valence-electron chi connectivity index (χ2n) is 5.37. The number of alkyl halides is 3. The van der Waals surface area contributed by atoms with Gasteiger partial charge in [0.1, 0.15) is 0 Å². The Hall–Kier alpha value is -2.13. The molecule has 0 radical (unpaired) electrons. The molecule has 4 nitrogen and oxygen atoms in total. The Morgan fingerprint density at radius 1 is 0.962 bits per heavy atom. The van der Waals surface area contributed by atoms with Crippen LogP contribution in [0.5, 0.6) is 0 Å². The number of sulfonamides is 1. The van der Waals surface area contributed by atoms with Crippen molar-refractivity contribution >= 4 is 19.8 Å². The molecule has 2 aromatic rings. The molecule has 0 amide bonds. The fraction of sp³-hybridized carbons (Fsp3) is 0.176. The second kappa shape index (κ2) is 7.63. The molecule has 26 heavy (non-hydrogen) atoms. The molecule has 0 aliphatic rings. The van der Waals surface area contributed by atoms with E-state index in [2.05, 4.69) is 10.3 Å². The molecule has 0 fully saturated rings. The Morgan fingerprint density at radius 3 is 1.92 bits per heavy atom. The lowest BCUT2D eigenvalue weighted by Gasteiger charge is -2.17. The van der Waals surface area contributed by atoms with Gasteiger partial charge in [-0.1, -0.05) is 58.4 Å². The molecule has 2 atom stereocenters. The van der Waals surface area contributed by atoms with Gasteiger partial charge in [-0.05, 0) is 17.7 Å². The van der Waals surface area contributed by atoms with Crippen molar-refractivity contribution in [3.05, 3.63) is 78.9 Å². The summed E-state index contributed by atoms with van der Waals surface area (Å²) < 4.78 is 77.6. The quantitative estimate of drug-likeness (QED) is 0.675. The topological polar surface area (TPSA) is 63.6 Å². The van der Waals surface area contributed by atoms with E-state index in [-0.39, 0.29) is 4.90 Å². The van der Waals surface area contributed by atoms with Gasteiger partial charge in [-0.15, -0.1) is 6.58 Å². The van der Waals surface area contributed by atoms with Gasteiger partial charge in [0, 0.05) is 16.6 Å². The Kier molecular flexibility index (Phi) is 5.92. The largest absolute Gasteiger partial charge is 0.519 e. The molecule has 0 N–H and O–H groups in total. The van der Waals surface area contributed by atoms with Crippen molar-refractivity contribution in [3.8, 4) is 0 Å². The zero-order valence-corrected chi connectivity index (χ0v) is 15.1. The lowest BCUT2D eigenvalue weighted by atomic mass is 10.0. The summed E-state index contributed by atoms with van der Waals surface area (Å²) >= 11 is 0. The van der Waals surface area contributed by atoms with Crippen LogP contribution in [0.25, 0.3) is 0 Å². The summed E-state index contributed by atoms with van der Waals surface area (Å²) in [4.78, 5) is -0.0874. The highest BCUT2D eigenvalue weighted by Crippen LogP contribution is 2.30. The summed E-state index contributed by atoms with van der Waals surface area (Å²) in [5.41, 5.74) is -4.98. The monoisotopic (exact) mass is 403 g/mol. The van der Waals surface area contributed by atoms with Crippen molar-refractivity contribution in [1.82, 2.24) is 0 Å². The summed E-state index contributed by atoms with van der Waals surface area (Å²) in [5.74, 6) is -1.09. The van der Waals surface area contributed by atoms with E-state index in [0.29, 0.717) is 5.56 Å². The average molecular weight is 403 g/mol. The van der Waals surface area contributed by atoms with Gasteiger partial charge in [0.25, 0.3) is 0 Å². The van der Waals surface area contributed by atoms with Crippen LogP contribution in [0.1, 0.15) is 11.5 Å². The first kappa shape index (κ1) is 20.2. The fourth-order valence-corrected chi connectivity index (χ4v) is 6.03. The van der Waals surface area contributed by atoms with Crippen molar-refractivity contribution in [2.24, 2.45) is 3.77 Å². The number of halogens is 3. The predicted octanol–water partition coefficient (Wildman–Crippen LogP) is 4.33. The normalized spacial score (nSPS) is 15.7. The van der Waals surface area contributed by atoms with E-state index in [0.717, 1.165) is 0 Å². The number of rotatable bonds is 6. The lowest BCUT2D eigenvalue weighted by Crippen LogP contribution is -2.24. The molecule has 0 saturated heterocycles. The van der Waals surface area contributed by atoms with Gasteiger partial charge in [0.15, 0.2) is 0 Å². The van der Waals surface area contributed by atoms with E-state index in [1.165, 1.54) is 30.3 Å². The maximum atomic E-state index is 13.3. The number of allylic oxidation sites excluding steroid dienone is 1. The summed E-state index contributed by atoms with van der Waals surface area (Å²) in [5, 5.41) is 0. The van der Waals surface area contributed by atoms with E-state index >= 15 is 0 Å². The van der Waals surface area contributed by atoms with E-state index < -0.39 is 36.9 Å². The molecule has 0 aliphatic heterocycles. The van der Waals surface area contributed by atoms with Crippen LogP contribution in [0.2, 0.25) is 0 Å². The molecule has 0 aliphatic carbocycles. The highest BCUT2D eigenvalue weighted by molar-refractivity contribution is 8.03. The van der Waals surface area contributed by atoms with E-state index in [1.54, 1.807) is 36.4 Å². The molecule has 2 aromatic carbocycles. The Morgan fingerprint density at radius 2 is 1.46 bits per heavy atom. The van der Waals surface area contributed by atoms with Crippen LogP contribution in [0, 0.1) is 0 Å². The van der Waals surface area contributed by atoms with Crippen LogP contribution < -0.4 is 0 Å². The summed E-state index contributed by atoms with van der Waals surface area (Å²) in [6.45, 7) is 3.62. The number of hydrogen-bond donors (Lipinski definition) is 0. The standard InChI is InChI=1S/C17H16F3NO3S2/c1-2-14(15-9-5-3-6-10-15)13-25(22,16-11-7-4-8-12-16)21-26(23,24)17(18,19)20/h2-12,14H,1,13H2/t14-,25+/m1/s1. The highest BCUT2D eigenvalue weighted by Gasteiger charge is 2.47. The highest BCUT2D eigenvalue weighted by atomic mass is 32.3. The maximum absolute atomic E-state index is 13.3. The smallest absolute Gasteiger partial charge is 0.244 e. The van der Waals surface area contributed by atoms with Crippen molar-refractivity contribution in [2.75, 3.05) is 5.75 Å². The zero-order valence-electron chi connectivity index (χ0n) is 13.5. The van der Waals surface area contributed by atoms with Gasteiger partial charge >= 0.3 is 15.5 Å². The fourth-order valence-electron chi connectivity index (χ4n) is 2.25. The predicted molar refractivity (Wildman–Crippen MR) is 94.5 cm³/mol. The summed E-state index contributed by atoms with van der Waals surface area (Å²) in [6.07, 6.45) is 1.41. The van der Waals surface area contributed by atoms with Crippen molar-refractivity contribution in [2.45, 2.75) is 16.3 Å². The molecule has 2 rings (SSSR count). The molecule has 0 saturated carbocycles. The first-order valence-electron chi connectivity index (χ1n) is 7.39. The molecule has 0 unspecified atom stereocenters. The third kappa shape index (κ3) is 4.53. The number of hydrogen-bond acceptors (Lipinski definition) is 3. The van der Waals surface area contributed by atoms with E-state index in [4.69, 9.17) is 0 Å². The van der Waals surface area contributed by atoms with Crippen molar-refractivity contribution < 1.29 is 25.8 Å². The van der Waals surface area contributed by atoms with Crippen molar-refractivity contribution in [1.29, 1.82) is 0 Å². The van der Waals surface area contributed by atoms with Crippen LogP contribution in [-0.2, 0) is 19.8 Å². The Bertz CT molecular complexity index is 979. The van der Waals surface area contributed by atoms with Crippen LogP contribution >= 0.6 is 0 Å². The second-order valence-corrected chi connectivity index (χ2v) is 9.46. The van der Waals surface area contributed by atoms with Gasteiger partial charge in [-0.25, -0.2) is 4.21 Å². The first-order valence-corrected chi connectivity index (χ1v) is 10.5. The molecule has 9 heteroatoms. The van der Waals surface area contributed by atoms with Gasteiger partial charge in [0.05, 0.1) is 9.73 Å². The van der Waals surface area contributed by atoms with E-state index in [9.17, 15) is 25.8 Å². The van der Waals surface area contributed by atoms with Gasteiger partial charge in [-0.2, -0.15) is 21.6 Å². The van der Waals surface area contributed by atoms with Crippen molar-refractivity contribution in [3.63, 3.8) is 0 Å². The van der Waals surface area contributed by atoms with Crippen LogP contribution in [0.3, 0.4) is 0 Å². The average Bonchev–Trinajstić information content (AvgIpc) is 2.60. The molecule has 0 aromatic heterocycles. The Labute approximate surface area is 150 Å². The summed E-state index contributed by atoms with van der Waals surface area (Å²) in [7, 11) is -9.85. The molecule has 0 spiro atoms. The number of benzene rings is 2. The molecule has 0 bridgehead atoms. The van der Waals surface area contributed by atoms with Gasteiger partial charge in [0.2, 0.25) is 0 Å². The van der Waals surface area contributed by atoms with Gasteiger partial charge in [-0.3, -0.25) is 0 Å². The molecular weight excluding hydrogens is 387 g/mol. The van der Waals surface area contributed by atoms with Crippen LogP contribution in [0.4, 0.5) is 13.2 Å². The van der Waals surface area contributed by atoms with Crippen LogP contribution in [-0.4, -0.2) is 23.9 Å². The SMILES string of the molecule is C=C[C@H](C[S@@](=O)(=NS(=O)(=O)C(F)(F)F)c1ccccc1)c1ccccc1. The number of nitrogens with zero attached hydrogens (tertiary/aromatic N) is 1. The van der Waals surface area contributed by atoms with Crippen LogP contribution in [0.15, 0.2) is 82.0 Å². The molecule has 0 heterocycles. The minimum Gasteiger partial charge on any atom is -0.244 e. The zero-order chi connectivity index (χ0) is 19.4. The summed E-state index contributed by atoms with van der Waals surface area (Å²) in [6, 6.07) is 15.6. The third-order valence-electron chi connectivity index (χ3n) is 3.54.